The number of hydrogen-bond acceptors (Lipinski definition) is 4. The average Bonchev–Trinajstić information content (AvgIpc) is 3.84. The Morgan fingerprint density at radius 1 is 0.383 bits per heavy atom. The van der Waals surface area contributed by atoms with Gasteiger partial charge in [-0.25, -0.2) is 0 Å². The van der Waals surface area contributed by atoms with Crippen LogP contribution in [0.5, 0.6) is 11.5 Å². The number of pyridine rings is 1. The van der Waals surface area contributed by atoms with Gasteiger partial charge in [0.25, 0.3) is 0 Å². The Morgan fingerprint density at radius 2 is 0.889 bits per heavy atom. The number of benzene rings is 8. The molecule has 3 heterocycles. The van der Waals surface area contributed by atoms with Gasteiger partial charge in [-0.15, -0.1) is 0 Å². The molecule has 0 atom stereocenters. The minimum atomic E-state index is -0.150. The molecule has 0 saturated carbocycles. The molecule has 0 spiro atoms. The Balaban J connectivity index is 1.15. The summed E-state index contributed by atoms with van der Waals surface area (Å²) >= 11 is 2.49. The minimum absolute atomic E-state index is 0.0401. The Morgan fingerprint density at radius 3 is 1.49 bits per heavy atom. The normalized spacial score (nSPS) is 13.1. The maximum absolute atomic E-state index is 7.09. The molecule has 0 N–H and O–H groups in total. The van der Waals surface area contributed by atoms with Crippen molar-refractivity contribution in [3.8, 4) is 45.1 Å². The van der Waals surface area contributed by atoms with E-state index in [-0.39, 0.29) is 27.1 Å². The zero-order chi connectivity index (χ0) is 57.6. The van der Waals surface area contributed by atoms with Crippen LogP contribution in [-0.4, -0.2) is 14.1 Å². The van der Waals surface area contributed by atoms with Gasteiger partial charge in [-0.2, -0.15) is 0 Å². The van der Waals surface area contributed by atoms with Crippen molar-refractivity contribution < 1.29 is 24.1 Å². The molecule has 10 aromatic rings. The third kappa shape index (κ3) is 10.7. The molecule has 2 aromatic heterocycles. The monoisotopic (exact) mass is 1240 g/mol. The summed E-state index contributed by atoms with van der Waals surface area (Å²) in [6.07, 6.45) is 1.95. The molecule has 0 radical (unpaired) electrons. The number of imidazole rings is 1. The first-order chi connectivity index (χ1) is 38.2. The van der Waals surface area contributed by atoms with Crippen molar-refractivity contribution in [1.82, 2.24) is 14.1 Å². The summed E-state index contributed by atoms with van der Waals surface area (Å²) in [4.78, 5) is 10.0. The number of fused-ring (bicyclic) bond motifs is 7. The van der Waals surface area contributed by atoms with Gasteiger partial charge in [0, 0.05) is 17.4 Å². The molecule has 81 heavy (non-hydrogen) atoms. The van der Waals surface area contributed by atoms with Crippen LogP contribution in [-0.2, 0) is 46.4 Å². The molecule has 0 aliphatic carbocycles. The van der Waals surface area contributed by atoms with E-state index in [1.54, 1.807) is 0 Å². The first-order valence-corrected chi connectivity index (χ1v) is 29.5. The number of aromatic nitrogens is 3. The summed E-state index contributed by atoms with van der Waals surface area (Å²) in [6, 6.07) is 71.9. The van der Waals surface area contributed by atoms with Gasteiger partial charge in [0.15, 0.2) is 0 Å². The second-order valence-electron chi connectivity index (χ2n) is 26.9. The van der Waals surface area contributed by atoms with E-state index in [0.717, 1.165) is 82.7 Å². The number of para-hydroxylation sites is 4. The fourth-order valence-corrected chi connectivity index (χ4v) is 12.0. The van der Waals surface area contributed by atoms with Gasteiger partial charge in [-0.3, -0.25) is 0 Å². The fourth-order valence-electron chi connectivity index (χ4n) is 10.9. The number of ether oxygens (including phenoxy) is 1. The molecule has 8 aromatic carbocycles. The molecule has 0 bridgehead atoms. The molecule has 0 fully saturated rings. The van der Waals surface area contributed by atoms with Crippen LogP contribution in [0.2, 0.25) is 0 Å². The zero-order valence-corrected chi connectivity index (χ0v) is 52.1. The van der Waals surface area contributed by atoms with E-state index in [4.69, 9.17) is 9.72 Å². The second-order valence-corrected chi connectivity index (χ2v) is 27.9. The molecule has 0 saturated heterocycles. The molecular formula is C74H75N5OPt-2. The first-order valence-electron chi connectivity index (χ1n) is 28.4. The molecule has 7 heteroatoms. The predicted octanol–water partition coefficient (Wildman–Crippen LogP) is 20.4. The van der Waals surface area contributed by atoms with Gasteiger partial charge in [-0.1, -0.05) is 117 Å². The van der Waals surface area contributed by atoms with Crippen LogP contribution >= 0.6 is 0 Å². The summed E-state index contributed by atoms with van der Waals surface area (Å²) in [5, 5.41) is 0. The van der Waals surface area contributed by atoms with Gasteiger partial charge in [0.1, 0.15) is 0 Å². The molecule has 11 rings (SSSR count). The van der Waals surface area contributed by atoms with Crippen molar-refractivity contribution in [2.75, 3.05) is 9.80 Å². The van der Waals surface area contributed by atoms with Crippen LogP contribution in [0.25, 0.3) is 44.7 Å². The molecular weight excluding hydrogens is 1170 g/mol. The topological polar surface area (TPSA) is 38.5 Å². The quantitative estimate of drug-likeness (QED) is 0.156. The van der Waals surface area contributed by atoms with E-state index in [9.17, 15) is 0 Å². The van der Waals surface area contributed by atoms with E-state index in [0.29, 0.717) is 11.5 Å². The van der Waals surface area contributed by atoms with Crippen molar-refractivity contribution in [1.29, 1.82) is 0 Å². The van der Waals surface area contributed by atoms with E-state index >= 15 is 0 Å². The van der Waals surface area contributed by atoms with Crippen LogP contribution in [0.15, 0.2) is 182 Å². The van der Waals surface area contributed by atoms with Crippen LogP contribution in [0.3, 0.4) is 0 Å². The number of hydrogen-bond donors (Lipinski definition) is 0. The SMILES string of the molecule is CC(C)(C)c1cc(-n2[c](=[Pt])n(-c3[c-]c(Oc4[c-]c5c(cc4)-c4ccc(C(C)(C)C)cc4N(c4ccccc4)c4cc(C(C)(C)C)ccc4-c4ccccc4N5c4cc(C(C)(C)C)ccn4)ccc3)c3ccccc32)cc(C(C)(C)C)c1. The summed E-state index contributed by atoms with van der Waals surface area (Å²) in [5.74, 6) is 1.90. The molecule has 0 unspecified atom stereocenters. The Bertz CT molecular complexity index is 4060. The number of rotatable bonds is 6. The Kier molecular flexibility index (Phi) is 14.0. The van der Waals surface area contributed by atoms with Crippen molar-refractivity contribution in [2.45, 2.75) is 131 Å². The molecule has 6 nitrogen and oxygen atoms in total. The average molecular weight is 1250 g/mol. The zero-order valence-electron chi connectivity index (χ0n) is 49.8. The van der Waals surface area contributed by atoms with Crippen LogP contribution in [0.4, 0.5) is 34.3 Å². The predicted molar refractivity (Wildman–Crippen MR) is 335 cm³/mol. The molecule has 1 aliphatic rings. The third-order valence-corrected chi connectivity index (χ3v) is 16.8. The van der Waals surface area contributed by atoms with E-state index in [1.807, 2.05) is 12.3 Å². The van der Waals surface area contributed by atoms with Crippen molar-refractivity contribution >= 4 is 45.3 Å². The number of anilines is 6. The standard InChI is InChI=1S/C74H75N5O.Pt/c1-70(2,3)49-32-35-60-59-28-19-20-29-63(59)79(69-45-51(38-39-75-69)72(7,8)9)68-47-58(34-37-62(68)61-36-33-50(71(4,5)6)44-67(61)78(66(60)43-49)54-24-17-16-18-25-54)80-57-27-23-26-55(46-57)76-48-77(65-31-22-21-30-64(65)76)56-41-52(73(10,11)12)40-53(42-56)74(13,14)15;/h16-45H,1-15H3;/q-2;. The van der Waals surface area contributed by atoms with Crippen molar-refractivity contribution in [3.05, 3.63) is 226 Å². The Hall–Kier alpha value is -7.53. The summed E-state index contributed by atoms with van der Waals surface area (Å²) in [7, 11) is 0. The summed E-state index contributed by atoms with van der Waals surface area (Å²) in [6.45, 7) is 34.3. The van der Waals surface area contributed by atoms with E-state index in [1.165, 1.54) is 27.8 Å². The van der Waals surface area contributed by atoms with Gasteiger partial charge in [-0.05, 0) is 63.3 Å². The van der Waals surface area contributed by atoms with Crippen molar-refractivity contribution in [2.24, 2.45) is 0 Å². The van der Waals surface area contributed by atoms with Crippen LogP contribution in [0.1, 0.15) is 132 Å². The van der Waals surface area contributed by atoms with Crippen molar-refractivity contribution in [3.63, 3.8) is 0 Å². The summed E-state index contributed by atoms with van der Waals surface area (Å²) in [5.41, 5.74) is 19.1. The summed E-state index contributed by atoms with van der Waals surface area (Å²) < 4.78 is 12.8. The number of nitrogens with zero attached hydrogens (tertiary/aromatic N) is 5. The van der Waals surface area contributed by atoms with Crippen LogP contribution < -0.4 is 14.5 Å². The Labute approximate surface area is 492 Å². The molecule has 1 aliphatic heterocycles. The van der Waals surface area contributed by atoms with Gasteiger partial charge in [0.05, 0.1) is 5.69 Å². The van der Waals surface area contributed by atoms with Gasteiger partial charge in [0.2, 0.25) is 0 Å². The van der Waals surface area contributed by atoms with Gasteiger partial charge >= 0.3 is 287 Å². The van der Waals surface area contributed by atoms with Crippen LogP contribution in [0, 0.1) is 15.9 Å². The molecule has 414 valence electrons. The molecule has 0 amide bonds. The fraction of sp³-hybridized carbons (Fsp3) is 0.270. The second kappa shape index (κ2) is 20.5. The van der Waals surface area contributed by atoms with E-state index in [2.05, 4.69) is 324 Å². The third-order valence-electron chi connectivity index (χ3n) is 15.7. The maximum atomic E-state index is 7.09. The first kappa shape index (κ1) is 55.4. The van der Waals surface area contributed by atoms with Gasteiger partial charge < -0.3 is 4.90 Å². The van der Waals surface area contributed by atoms with E-state index < -0.39 is 0 Å².